The van der Waals surface area contributed by atoms with E-state index in [0.717, 1.165) is 5.56 Å². The largest absolute Gasteiger partial charge is 0.397 e. The molecule has 8 heteroatoms. The molecule has 0 heterocycles. The molecule has 4 N–H and O–H groups in total. The first-order valence-electron chi connectivity index (χ1n) is 6.60. The van der Waals surface area contributed by atoms with Crippen molar-refractivity contribution in [3.63, 3.8) is 0 Å². The number of benzene rings is 2. The van der Waals surface area contributed by atoms with Gasteiger partial charge in [-0.1, -0.05) is 6.07 Å². The van der Waals surface area contributed by atoms with Crippen molar-refractivity contribution in [2.24, 2.45) is 0 Å². The monoisotopic (exact) mass is 314 g/mol. The summed E-state index contributed by atoms with van der Waals surface area (Å²) >= 11 is 0. The van der Waals surface area contributed by atoms with E-state index in [2.05, 4.69) is 10.6 Å². The van der Waals surface area contributed by atoms with Gasteiger partial charge in [0.15, 0.2) is 0 Å². The number of hydrogen-bond donors (Lipinski definition) is 3. The van der Waals surface area contributed by atoms with Crippen LogP contribution in [0, 0.1) is 17.0 Å². The van der Waals surface area contributed by atoms with Gasteiger partial charge in [0.25, 0.3) is 5.69 Å². The van der Waals surface area contributed by atoms with E-state index in [0.29, 0.717) is 11.4 Å². The van der Waals surface area contributed by atoms with Gasteiger partial charge < -0.3 is 16.4 Å². The Balaban J connectivity index is 2.03. The normalized spacial score (nSPS) is 9.96. The van der Waals surface area contributed by atoms with Crippen LogP contribution in [0.5, 0.6) is 0 Å². The molecule has 118 valence electrons. The molecule has 2 aromatic rings. The van der Waals surface area contributed by atoms with Crippen LogP contribution < -0.4 is 16.4 Å². The maximum Gasteiger partial charge on any atom is 0.314 e. The third-order valence-electron chi connectivity index (χ3n) is 3.00. The van der Waals surface area contributed by atoms with Crippen LogP contribution in [-0.2, 0) is 9.59 Å². The topological polar surface area (TPSA) is 127 Å². The van der Waals surface area contributed by atoms with Crippen LogP contribution in [0.15, 0.2) is 42.5 Å². The number of carbonyl (C=O) groups excluding carboxylic acids is 2. The van der Waals surface area contributed by atoms with Crippen molar-refractivity contribution in [1.29, 1.82) is 0 Å². The molecule has 0 aliphatic carbocycles. The van der Waals surface area contributed by atoms with Crippen LogP contribution in [0.25, 0.3) is 0 Å². The molecule has 0 unspecified atom stereocenters. The molecule has 0 bridgehead atoms. The van der Waals surface area contributed by atoms with Gasteiger partial charge >= 0.3 is 11.8 Å². The minimum Gasteiger partial charge on any atom is -0.397 e. The molecule has 2 rings (SSSR count). The first-order chi connectivity index (χ1) is 10.9. The summed E-state index contributed by atoms with van der Waals surface area (Å²) in [4.78, 5) is 33.7. The van der Waals surface area contributed by atoms with E-state index in [4.69, 9.17) is 5.73 Å². The molecule has 0 fully saturated rings. The molecule has 0 aliphatic heterocycles. The summed E-state index contributed by atoms with van der Waals surface area (Å²) in [6.07, 6.45) is 0. The van der Waals surface area contributed by atoms with Gasteiger partial charge in [-0.25, -0.2) is 0 Å². The maximum atomic E-state index is 11.9. The Kier molecular flexibility index (Phi) is 4.55. The first kappa shape index (κ1) is 16.0. The molecule has 2 aromatic carbocycles. The van der Waals surface area contributed by atoms with Gasteiger partial charge in [-0.2, -0.15) is 0 Å². The molecule has 0 aliphatic rings. The smallest absolute Gasteiger partial charge is 0.314 e. The summed E-state index contributed by atoms with van der Waals surface area (Å²) in [6.45, 7) is 1.83. The number of nitrogen functional groups attached to an aromatic ring is 1. The second kappa shape index (κ2) is 6.56. The Morgan fingerprint density at radius 1 is 1.04 bits per heavy atom. The van der Waals surface area contributed by atoms with Crippen LogP contribution in [0.2, 0.25) is 0 Å². The predicted octanol–water partition coefficient (Wildman–Crippen LogP) is 2.06. The van der Waals surface area contributed by atoms with Crippen LogP contribution in [-0.4, -0.2) is 16.7 Å². The van der Waals surface area contributed by atoms with Crippen LogP contribution in [0.4, 0.5) is 22.7 Å². The fourth-order valence-corrected chi connectivity index (χ4v) is 1.81. The second-order valence-electron chi connectivity index (χ2n) is 4.80. The first-order valence-corrected chi connectivity index (χ1v) is 6.60. The number of hydrogen-bond acceptors (Lipinski definition) is 5. The van der Waals surface area contributed by atoms with Gasteiger partial charge in [-0.05, 0) is 36.8 Å². The molecule has 8 nitrogen and oxygen atoms in total. The van der Waals surface area contributed by atoms with Gasteiger partial charge in [-0.3, -0.25) is 19.7 Å². The third-order valence-corrected chi connectivity index (χ3v) is 3.00. The van der Waals surface area contributed by atoms with Crippen LogP contribution in [0.3, 0.4) is 0 Å². The lowest BCUT2D eigenvalue weighted by atomic mass is 10.2. The molecule has 0 atom stereocenters. The number of nitrogens with zero attached hydrogens (tertiary/aromatic N) is 1. The highest BCUT2D eigenvalue weighted by molar-refractivity contribution is 6.43. The highest BCUT2D eigenvalue weighted by Crippen LogP contribution is 2.20. The Bertz CT molecular complexity index is 772. The number of nitrogens with one attached hydrogen (secondary N) is 2. The number of nitro groups is 1. The summed E-state index contributed by atoms with van der Waals surface area (Å²) in [5.41, 5.74) is 7.45. The van der Waals surface area contributed by atoms with E-state index in [1.807, 2.05) is 6.92 Å². The summed E-state index contributed by atoms with van der Waals surface area (Å²) in [7, 11) is 0. The molecule has 0 saturated carbocycles. The number of nitrogens with two attached hydrogens (primary N) is 1. The van der Waals surface area contributed by atoms with Crippen molar-refractivity contribution < 1.29 is 14.5 Å². The summed E-state index contributed by atoms with van der Waals surface area (Å²) in [6, 6.07) is 10.2. The Hall–Kier alpha value is -3.42. The van der Waals surface area contributed by atoms with Crippen molar-refractivity contribution in [2.45, 2.75) is 6.92 Å². The minimum absolute atomic E-state index is 0.111. The Morgan fingerprint density at radius 2 is 1.65 bits per heavy atom. The summed E-state index contributed by atoms with van der Waals surface area (Å²) in [5, 5.41) is 15.3. The number of non-ortho nitro benzene ring substituents is 1. The van der Waals surface area contributed by atoms with Crippen LogP contribution in [0.1, 0.15) is 5.56 Å². The van der Waals surface area contributed by atoms with Crippen molar-refractivity contribution in [2.75, 3.05) is 16.4 Å². The molecule has 2 amide bonds. The lowest BCUT2D eigenvalue weighted by molar-refractivity contribution is -0.384. The molecule has 0 spiro atoms. The van der Waals surface area contributed by atoms with E-state index >= 15 is 0 Å². The zero-order valence-corrected chi connectivity index (χ0v) is 12.2. The fourth-order valence-electron chi connectivity index (χ4n) is 1.81. The lowest BCUT2D eigenvalue weighted by Gasteiger charge is -2.09. The lowest BCUT2D eigenvalue weighted by Crippen LogP contribution is -2.29. The highest BCUT2D eigenvalue weighted by Gasteiger charge is 2.16. The molecule has 0 radical (unpaired) electrons. The van der Waals surface area contributed by atoms with Crippen molar-refractivity contribution in [1.82, 2.24) is 0 Å². The van der Waals surface area contributed by atoms with E-state index < -0.39 is 16.7 Å². The summed E-state index contributed by atoms with van der Waals surface area (Å²) in [5.74, 6) is -1.79. The van der Waals surface area contributed by atoms with E-state index in [1.54, 1.807) is 18.2 Å². The van der Waals surface area contributed by atoms with E-state index in [-0.39, 0.29) is 11.4 Å². The van der Waals surface area contributed by atoms with Gasteiger partial charge in [0.05, 0.1) is 16.3 Å². The molecule has 0 saturated heterocycles. The standard InChI is InChI=1S/C15H14N4O4/c1-9-2-7-12(16)13(8-9)18-15(21)14(20)17-10-3-5-11(6-4-10)19(22)23/h2-8H,16H2,1H3,(H,17,20)(H,18,21). The number of carbonyl (C=O) groups is 2. The number of amides is 2. The van der Waals surface area contributed by atoms with E-state index in [9.17, 15) is 19.7 Å². The molecule has 0 aromatic heterocycles. The Labute approximate surface area is 131 Å². The second-order valence-corrected chi connectivity index (χ2v) is 4.80. The summed E-state index contributed by atoms with van der Waals surface area (Å²) < 4.78 is 0. The van der Waals surface area contributed by atoms with Crippen LogP contribution >= 0.6 is 0 Å². The minimum atomic E-state index is -0.903. The molecular weight excluding hydrogens is 300 g/mol. The van der Waals surface area contributed by atoms with E-state index in [1.165, 1.54) is 24.3 Å². The number of rotatable bonds is 3. The average molecular weight is 314 g/mol. The highest BCUT2D eigenvalue weighted by atomic mass is 16.6. The van der Waals surface area contributed by atoms with Gasteiger partial charge in [-0.15, -0.1) is 0 Å². The predicted molar refractivity (Wildman–Crippen MR) is 85.9 cm³/mol. The van der Waals surface area contributed by atoms with Gasteiger partial charge in [0.2, 0.25) is 0 Å². The zero-order chi connectivity index (χ0) is 17.0. The van der Waals surface area contributed by atoms with Crippen molar-refractivity contribution >= 4 is 34.6 Å². The van der Waals surface area contributed by atoms with Gasteiger partial charge in [0, 0.05) is 17.8 Å². The quantitative estimate of drug-likeness (QED) is 0.346. The van der Waals surface area contributed by atoms with Gasteiger partial charge in [0.1, 0.15) is 0 Å². The molecular formula is C15H14N4O4. The van der Waals surface area contributed by atoms with Crippen molar-refractivity contribution in [3.05, 3.63) is 58.1 Å². The SMILES string of the molecule is Cc1ccc(N)c(NC(=O)C(=O)Nc2ccc([N+](=O)[O-])cc2)c1. The fraction of sp³-hybridized carbons (Fsp3) is 0.0667. The number of aryl methyl sites for hydroxylation is 1. The number of anilines is 3. The average Bonchev–Trinajstić information content (AvgIpc) is 2.51. The third kappa shape index (κ3) is 4.03. The van der Waals surface area contributed by atoms with Crippen molar-refractivity contribution in [3.8, 4) is 0 Å². The molecule has 23 heavy (non-hydrogen) atoms. The maximum absolute atomic E-state index is 11.9. The zero-order valence-electron chi connectivity index (χ0n) is 12.2. The number of nitro benzene ring substituents is 1. The Morgan fingerprint density at radius 3 is 2.26 bits per heavy atom.